The second-order valence-electron chi connectivity index (χ2n) is 6.52. The van der Waals surface area contributed by atoms with Crippen LogP contribution in [0.1, 0.15) is 39.0 Å². The zero-order valence-corrected chi connectivity index (χ0v) is 15.6. The van der Waals surface area contributed by atoms with Gasteiger partial charge < -0.3 is 26.4 Å². The molecule has 26 heavy (non-hydrogen) atoms. The summed E-state index contributed by atoms with van der Waals surface area (Å²) in [5.41, 5.74) is 1.29. The molecular weight excluding hydrogens is 332 g/mol. The van der Waals surface area contributed by atoms with Gasteiger partial charge in [0.15, 0.2) is 11.6 Å². The molecule has 2 aromatic rings. The second kappa shape index (κ2) is 8.31. The maximum atomic E-state index is 10.2. The number of fused-ring (bicyclic) bond motifs is 1. The van der Waals surface area contributed by atoms with Crippen molar-refractivity contribution in [3.05, 3.63) is 0 Å². The van der Waals surface area contributed by atoms with E-state index in [1.165, 1.54) is 0 Å². The van der Waals surface area contributed by atoms with Crippen molar-refractivity contribution in [1.82, 2.24) is 19.9 Å². The van der Waals surface area contributed by atoms with Crippen molar-refractivity contribution in [2.24, 2.45) is 0 Å². The van der Waals surface area contributed by atoms with Crippen molar-refractivity contribution >= 4 is 34.6 Å². The smallest absolute Gasteiger partial charge is 0.225 e. The molecule has 142 valence electrons. The Kier molecular flexibility index (Phi) is 5.87. The number of anilines is 4. The molecule has 9 nitrogen and oxygen atoms in total. The quantitative estimate of drug-likeness (QED) is 0.505. The second-order valence-corrected chi connectivity index (χ2v) is 6.52. The maximum absolute atomic E-state index is 10.2. The summed E-state index contributed by atoms with van der Waals surface area (Å²) in [6.07, 6.45) is 4.48. The largest absolute Gasteiger partial charge is 0.391 e. The van der Waals surface area contributed by atoms with Crippen LogP contribution in [0.15, 0.2) is 0 Å². The average Bonchev–Trinajstić information content (AvgIpc) is 2.67. The SMILES string of the molecule is CCCNc1nc(NC)c2nc(N[C@@H]3CCCC[C@@H]3O)nc(NC)c2n1. The molecule has 3 rings (SSSR count). The number of nitrogens with zero attached hydrogens (tertiary/aromatic N) is 4. The van der Waals surface area contributed by atoms with Crippen LogP contribution < -0.4 is 21.3 Å². The van der Waals surface area contributed by atoms with E-state index in [-0.39, 0.29) is 12.1 Å². The van der Waals surface area contributed by atoms with Crippen LogP contribution in [-0.2, 0) is 0 Å². The highest BCUT2D eigenvalue weighted by atomic mass is 16.3. The number of aliphatic hydroxyl groups is 1. The molecule has 2 heterocycles. The van der Waals surface area contributed by atoms with Gasteiger partial charge in [-0.2, -0.15) is 9.97 Å². The van der Waals surface area contributed by atoms with Crippen LogP contribution >= 0.6 is 0 Å². The molecule has 0 spiro atoms. The predicted molar refractivity (Wildman–Crippen MR) is 105 cm³/mol. The third kappa shape index (κ3) is 3.87. The van der Waals surface area contributed by atoms with E-state index in [1.54, 1.807) is 7.05 Å². The highest BCUT2D eigenvalue weighted by Crippen LogP contribution is 2.28. The first-order valence-electron chi connectivity index (χ1n) is 9.30. The minimum absolute atomic E-state index is 0.0321. The normalized spacial score (nSPS) is 20.0. The van der Waals surface area contributed by atoms with Gasteiger partial charge in [-0.15, -0.1) is 0 Å². The van der Waals surface area contributed by atoms with Crippen molar-refractivity contribution in [2.45, 2.75) is 51.2 Å². The number of nitrogens with one attached hydrogen (secondary N) is 4. The number of aromatic nitrogens is 4. The number of hydrogen-bond donors (Lipinski definition) is 5. The summed E-state index contributed by atoms with van der Waals surface area (Å²) in [6, 6.07) is -0.0321. The molecule has 0 unspecified atom stereocenters. The predicted octanol–water partition coefficient (Wildman–Crippen LogP) is 2.04. The minimum Gasteiger partial charge on any atom is -0.391 e. The van der Waals surface area contributed by atoms with Crippen LogP contribution in [0, 0.1) is 0 Å². The van der Waals surface area contributed by atoms with Crippen LogP contribution in [0.3, 0.4) is 0 Å². The maximum Gasteiger partial charge on any atom is 0.225 e. The van der Waals surface area contributed by atoms with E-state index in [2.05, 4.69) is 48.1 Å². The molecule has 0 aliphatic heterocycles. The summed E-state index contributed by atoms with van der Waals surface area (Å²) in [5, 5.41) is 22.9. The van der Waals surface area contributed by atoms with Crippen molar-refractivity contribution < 1.29 is 5.11 Å². The lowest BCUT2D eigenvalue weighted by atomic mass is 9.93. The van der Waals surface area contributed by atoms with Crippen LogP contribution in [0.5, 0.6) is 0 Å². The highest BCUT2D eigenvalue weighted by molar-refractivity contribution is 5.94. The standard InChI is InChI=1S/C17H28N8O/c1-4-9-20-16-22-12-13(14(18-2)24-16)23-17(25-15(12)19-3)21-10-7-5-6-8-11(10)26/h10-11,26H,4-9H2,1-3H3,(H2,18,20,22,24)(H2,19,21,23,25)/t10-,11+/m1/s1. The van der Waals surface area contributed by atoms with Crippen molar-refractivity contribution in [2.75, 3.05) is 41.9 Å². The zero-order valence-electron chi connectivity index (χ0n) is 15.6. The summed E-state index contributed by atoms with van der Waals surface area (Å²) in [4.78, 5) is 18.2. The molecule has 0 amide bonds. The van der Waals surface area contributed by atoms with Gasteiger partial charge in [-0.25, -0.2) is 9.97 Å². The summed E-state index contributed by atoms with van der Waals surface area (Å²) in [6.45, 7) is 2.89. The Balaban J connectivity index is 1.99. The molecule has 1 aliphatic carbocycles. The van der Waals surface area contributed by atoms with Gasteiger partial charge >= 0.3 is 0 Å². The Bertz CT molecular complexity index is 753. The lowest BCUT2D eigenvalue weighted by molar-refractivity contribution is 0.116. The fourth-order valence-electron chi connectivity index (χ4n) is 3.19. The zero-order chi connectivity index (χ0) is 18.5. The van der Waals surface area contributed by atoms with Crippen LogP contribution in [0.2, 0.25) is 0 Å². The first-order valence-corrected chi connectivity index (χ1v) is 9.30. The molecule has 0 aromatic carbocycles. The Labute approximate surface area is 153 Å². The lowest BCUT2D eigenvalue weighted by Crippen LogP contribution is -2.36. The van der Waals surface area contributed by atoms with Crippen molar-refractivity contribution in [3.8, 4) is 0 Å². The molecule has 0 saturated heterocycles. The van der Waals surface area contributed by atoms with Gasteiger partial charge in [0.2, 0.25) is 11.9 Å². The molecular formula is C17H28N8O. The van der Waals surface area contributed by atoms with Gasteiger partial charge in [-0.3, -0.25) is 0 Å². The van der Waals surface area contributed by atoms with E-state index in [0.717, 1.165) is 38.6 Å². The van der Waals surface area contributed by atoms with Crippen molar-refractivity contribution in [3.63, 3.8) is 0 Å². The van der Waals surface area contributed by atoms with Crippen LogP contribution in [-0.4, -0.2) is 57.8 Å². The lowest BCUT2D eigenvalue weighted by Gasteiger charge is -2.28. The summed E-state index contributed by atoms with van der Waals surface area (Å²) >= 11 is 0. The van der Waals surface area contributed by atoms with E-state index in [1.807, 2.05) is 7.05 Å². The van der Waals surface area contributed by atoms with E-state index >= 15 is 0 Å². The Morgan fingerprint density at radius 1 is 0.923 bits per heavy atom. The summed E-state index contributed by atoms with van der Waals surface area (Å²) in [5.74, 6) is 2.29. The molecule has 9 heteroatoms. The van der Waals surface area contributed by atoms with E-state index in [4.69, 9.17) is 0 Å². The Morgan fingerprint density at radius 2 is 1.54 bits per heavy atom. The van der Waals surface area contributed by atoms with Crippen LogP contribution in [0.4, 0.5) is 23.5 Å². The summed E-state index contributed by atoms with van der Waals surface area (Å²) < 4.78 is 0. The molecule has 1 aliphatic rings. The van der Waals surface area contributed by atoms with E-state index < -0.39 is 0 Å². The van der Waals surface area contributed by atoms with Gasteiger partial charge in [-0.05, 0) is 19.3 Å². The number of hydrogen-bond acceptors (Lipinski definition) is 9. The Morgan fingerprint density at radius 3 is 2.15 bits per heavy atom. The molecule has 0 bridgehead atoms. The molecule has 2 atom stereocenters. The number of rotatable bonds is 7. The van der Waals surface area contributed by atoms with E-state index in [0.29, 0.717) is 34.6 Å². The Hall–Kier alpha value is -2.42. The minimum atomic E-state index is -0.373. The first-order chi connectivity index (χ1) is 12.7. The topological polar surface area (TPSA) is 120 Å². The summed E-state index contributed by atoms with van der Waals surface area (Å²) in [7, 11) is 3.62. The molecule has 2 aromatic heterocycles. The fourth-order valence-corrected chi connectivity index (χ4v) is 3.19. The van der Waals surface area contributed by atoms with Crippen molar-refractivity contribution in [1.29, 1.82) is 0 Å². The monoisotopic (exact) mass is 360 g/mol. The average molecular weight is 360 g/mol. The van der Waals surface area contributed by atoms with Gasteiger partial charge in [-0.1, -0.05) is 19.8 Å². The van der Waals surface area contributed by atoms with Gasteiger partial charge in [0, 0.05) is 20.6 Å². The third-order valence-electron chi connectivity index (χ3n) is 4.59. The molecule has 1 fully saturated rings. The molecule has 1 saturated carbocycles. The highest BCUT2D eigenvalue weighted by Gasteiger charge is 2.24. The number of aliphatic hydroxyl groups excluding tert-OH is 1. The fraction of sp³-hybridized carbons (Fsp3) is 0.647. The molecule has 0 radical (unpaired) electrons. The van der Waals surface area contributed by atoms with Gasteiger partial charge in [0.25, 0.3) is 0 Å². The first kappa shape index (κ1) is 18.4. The molecule has 5 N–H and O–H groups in total. The van der Waals surface area contributed by atoms with Gasteiger partial charge in [0.1, 0.15) is 11.0 Å². The van der Waals surface area contributed by atoms with E-state index in [9.17, 15) is 5.11 Å². The van der Waals surface area contributed by atoms with Gasteiger partial charge in [0.05, 0.1) is 12.1 Å². The third-order valence-corrected chi connectivity index (χ3v) is 4.59. The van der Waals surface area contributed by atoms with Crippen LogP contribution in [0.25, 0.3) is 11.0 Å².